The van der Waals surface area contributed by atoms with Gasteiger partial charge in [-0.1, -0.05) is 6.42 Å². The Morgan fingerprint density at radius 3 is 2.52 bits per heavy atom. The highest BCUT2D eigenvalue weighted by molar-refractivity contribution is 5.95. The van der Waals surface area contributed by atoms with E-state index in [1.54, 1.807) is 29.2 Å². The van der Waals surface area contributed by atoms with Crippen LogP contribution in [-0.4, -0.2) is 31.3 Å². The molecule has 3 aromatic heterocycles. The van der Waals surface area contributed by atoms with Crippen molar-refractivity contribution in [1.29, 1.82) is 0 Å². The number of aromatic nitrogens is 5. The lowest BCUT2D eigenvalue weighted by molar-refractivity contribution is -0.274. The molecule has 0 atom stereocenters. The van der Waals surface area contributed by atoms with Crippen LogP contribution in [0.3, 0.4) is 0 Å². The Labute approximate surface area is 163 Å². The molecule has 1 saturated carbocycles. The first kappa shape index (κ1) is 17.7. The first-order chi connectivity index (χ1) is 14.0. The maximum Gasteiger partial charge on any atom is 0.573 e. The van der Waals surface area contributed by atoms with E-state index in [2.05, 4.69) is 19.9 Å². The van der Waals surface area contributed by atoms with E-state index >= 15 is 0 Å². The summed E-state index contributed by atoms with van der Waals surface area (Å²) in [5.74, 6) is 0.0745. The molecule has 5 rings (SSSR count). The Bertz CT molecular complexity index is 1150. The zero-order chi connectivity index (χ0) is 20.0. The van der Waals surface area contributed by atoms with Gasteiger partial charge >= 0.3 is 6.36 Å². The van der Waals surface area contributed by atoms with Gasteiger partial charge in [-0.25, -0.2) is 9.67 Å². The van der Waals surface area contributed by atoms with E-state index < -0.39 is 6.36 Å². The number of aromatic amines is 1. The molecule has 0 saturated heterocycles. The van der Waals surface area contributed by atoms with Gasteiger partial charge in [0.15, 0.2) is 5.65 Å². The number of halogens is 3. The van der Waals surface area contributed by atoms with Gasteiger partial charge in [-0.15, -0.1) is 13.2 Å². The molecule has 9 heteroatoms. The van der Waals surface area contributed by atoms with Gasteiger partial charge in [-0.3, -0.25) is 5.10 Å². The van der Waals surface area contributed by atoms with Crippen LogP contribution in [-0.2, 0) is 0 Å². The van der Waals surface area contributed by atoms with E-state index in [0.717, 1.165) is 41.5 Å². The third-order valence-corrected chi connectivity index (χ3v) is 5.21. The molecular formula is C20H16F3N5O. The molecule has 0 radical (unpaired) electrons. The second kappa shape index (κ2) is 6.61. The van der Waals surface area contributed by atoms with Crippen molar-refractivity contribution in [2.45, 2.75) is 31.5 Å². The number of nitrogens with zero attached hydrogens (tertiary/aromatic N) is 4. The molecule has 29 heavy (non-hydrogen) atoms. The van der Waals surface area contributed by atoms with Crippen LogP contribution in [0.15, 0.2) is 48.9 Å². The number of pyridine rings is 1. The molecule has 1 fully saturated rings. The van der Waals surface area contributed by atoms with Crippen LogP contribution in [0.4, 0.5) is 13.2 Å². The maximum absolute atomic E-state index is 12.4. The van der Waals surface area contributed by atoms with Gasteiger partial charge in [-0.2, -0.15) is 10.2 Å². The first-order valence-electron chi connectivity index (χ1n) is 9.22. The summed E-state index contributed by atoms with van der Waals surface area (Å²) in [5.41, 5.74) is 4.16. The highest BCUT2D eigenvalue weighted by atomic mass is 19.4. The van der Waals surface area contributed by atoms with Crippen molar-refractivity contribution in [3.8, 4) is 22.6 Å². The number of fused-ring (bicyclic) bond motifs is 1. The smallest absolute Gasteiger partial charge is 0.406 e. The lowest BCUT2D eigenvalue weighted by Crippen LogP contribution is -2.17. The highest BCUT2D eigenvalue weighted by Gasteiger charge is 2.31. The summed E-state index contributed by atoms with van der Waals surface area (Å²) in [6.07, 6.45) is 3.82. The zero-order valence-corrected chi connectivity index (χ0v) is 15.1. The summed E-state index contributed by atoms with van der Waals surface area (Å²) in [7, 11) is 0. The lowest BCUT2D eigenvalue weighted by atomic mass is 9.81. The van der Waals surface area contributed by atoms with Crippen LogP contribution >= 0.6 is 0 Å². The standard InChI is InChI=1S/C20H16F3N5O/c21-20(22,23)29-15-6-4-14(5-7-15)28-19-17(18(27-28)12-2-1-3-12)16(8-9-24-19)13-10-25-26-11-13/h4-12H,1-3H2,(H,25,26). The fraction of sp³-hybridized carbons (Fsp3) is 0.250. The Morgan fingerprint density at radius 2 is 1.90 bits per heavy atom. The minimum absolute atomic E-state index is 0.274. The van der Waals surface area contributed by atoms with Crippen molar-refractivity contribution in [3.05, 3.63) is 54.6 Å². The quantitative estimate of drug-likeness (QED) is 0.526. The van der Waals surface area contributed by atoms with Gasteiger partial charge in [0.2, 0.25) is 0 Å². The number of hydrogen-bond acceptors (Lipinski definition) is 4. The molecule has 0 amide bonds. The average Bonchev–Trinajstić information content (AvgIpc) is 3.28. The van der Waals surface area contributed by atoms with E-state index in [1.165, 1.54) is 12.1 Å². The second-order valence-corrected chi connectivity index (χ2v) is 7.01. The molecule has 4 aromatic rings. The van der Waals surface area contributed by atoms with Crippen LogP contribution < -0.4 is 4.74 Å². The van der Waals surface area contributed by atoms with E-state index in [9.17, 15) is 13.2 Å². The highest BCUT2D eigenvalue weighted by Crippen LogP contribution is 2.42. The normalized spacial score (nSPS) is 14.9. The number of ether oxygens (including phenoxy) is 1. The van der Waals surface area contributed by atoms with Crippen LogP contribution in [0.25, 0.3) is 27.8 Å². The van der Waals surface area contributed by atoms with E-state index in [0.29, 0.717) is 17.3 Å². The number of H-pyrrole nitrogens is 1. The van der Waals surface area contributed by atoms with Crippen molar-refractivity contribution in [1.82, 2.24) is 25.0 Å². The third kappa shape index (κ3) is 3.22. The SMILES string of the molecule is FC(F)(F)Oc1ccc(-n2nc(C3CCC3)c3c(-c4cn[nH]c4)ccnc32)cc1. The van der Waals surface area contributed by atoms with E-state index in [4.69, 9.17) is 5.10 Å². The molecule has 0 spiro atoms. The molecule has 6 nitrogen and oxygen atoms in total. The van der Waals surface area contributed by atoms with Crippen molar-refractivity contribution in [2.75, 3.05) is 0 Å². The van der Waals surface area contributed by atoms with E-state index in [-0.39, 0.29) is 5.75 Å². The molecule has 148 valence electrons. The van der Waals surface area contributed by atoms with Gasteiger partial charge in [0.25, 0.3) is 0 Å². The molecule has 1 aliphatic carbocycles. The van der Waals surface area contributed by atoms with Gasteiger partial charge in [0.05, 0.1) is 23.0 Å². The minimum atomic E-state index is -4.72. The molecule has 1 aliphatic rings. The van der Waals surface area contributed by atoms with Crippen LogP contribution in [0, 0.1) is 0 Å². The fourth-order valence-electron chi connectivity index (χ4n) is 3.64. The molecule has 1 aromatic carbocycles. The number of hydrogen-bond donors (Lipinski definition) is 1. The minimum Gasteiger partial charge on any atom is -0.406 e. The monoisotopic (exact) mass is 399 g/mol. The van der Waals surface area contributed by atoms with Crippen molar-refractivity contribution < 1.29 is 17.9 Å². The summed E-state index contributed by atoms with van der Waals surface area (Å²) in [4.78, 5) is 4.53. The topological polar surface area (TPSA) is 68.6 Å². The Morgan fingerprint density at radius 1 is 1.10 bits per heavy atom. The second-order valence-electron chi connectivity index (χ2n) is 7.01. The van der Waals surface area contributed by atoms with Crippen LogP contribution in [0.2, 0.25) is 0 Å². The molecule has 1 N–H and O–H groups in total. The summed E-state index contributed by atoms with van der Waals surface area (Å²) >= 11 is 0. The number of rotatable bonds is 4. The third-order valence-electron chi connectivity index (χ3n) is 5.21. The Balaban J connectivity index is 1.64. The van der Waals surface area contributed by atoms with Crippen LogP contribution in [0.1, 0.15) is 30.9 Å². The Hall–Kier alpha value is -3.36. The fourth-order valence-corrected chi connectivity index (χ4v) is 3.64. The predicted molar refractivity (Wildman–Crippen MR) is 99.7 cm³/mol. The average molecular weight is 399 g/mol. The summed E-state index contributed by atoms with van der Waals surface area (Å²) < 4.78 is 42.9. The number of nitrogens with one attached hydrogen (secondary N) is 1. The molecule has 0 aliphatic heterocycles. The summed E-state index contributed by atoms with van der Waals surface area (Å²) in [5, 5.41) is 12.6. The van der Waals surface area contributed by atoms with Gasteiger partial charge in [-0.05, 0) is 48.7 Å². The molecule has 3 heterocycles. The van der Waals surface area contributed by atoms with Crippen molar-refractivity contribution in [3.63, 3.8) is 0 Å². The molecule has 0 unspecified atom stereocenters. The van der Waals surface area contributed by atoms with Crippen LogP contribution in [0.5, 0.6) is 5.75 Å². The van der Waals surface area contributed by atoms with Crippen molar-refractivity contribution in [2.24, 2.45) is 0 Å². The van der Waals surface area contributed by atoms with Gasteiger partial charge in [0.1, 0.15) is 5.75 Å². The largest absolute Gasteiger partial charge is 0.573 e. The predicted octanol–water partition coefficient (Wildman–Crippen LogP) is 4.98. The first-order valence-corrected chi connectivity index (χ1v) is 9.22. The summed E-state index contributed by atoms with van der Waals surface area (Å²) in [6, 6.07) is 7.58. The summed E-state index contributed by atoms with van der Waals surface area (Å²) in [6.45, 7) is 0. The Kier molecular flexibility index (Phi) is 4.04. The van der Waals surface area contributed by atoms with E-state index in [1.807, 2.05) is 12.3 Å². The maximum atomic E-state index is 12.4. The van der Waals surface area contributed by atoms with Gasteiger partial charge in [0, 0.05) is 23.9 Å². The van der Waals surface area contributed by atoms with Gasteiger partial charge < -0.3 is 4.74 Å². The number of alkyl halides is 3. The van der Waals surface area contributed by atoms with Crippen molar-refractivity contribution >= 4 is 11.0 Å². The molecular weight excluding hydrogens is 383 g/mol. The lowest BCUT2D eigenvalue weighted by Gasteiger charge is -2.23. The zero-order valence-electron chi connectivity index (χ0n) is 15.1. The number of benzene rings is 1. The molecule has 0 bridgehead atoms.